The van der Waals surface area contributed by atoms with E-state index in [9.17, 15) is 32.8 Å². The molecule has 0 bridgehead atoms. The summed E-state index contributed by atoms with van der Waals surface area (Å²) in [5, 5.41) is 23.8. The molecule has 0 saturated heterocycles. The van der Waals surface area contributed by atoms with Crippen LogP contribution < -0.4 is 69.3 Å². The molecule has 0 spiro atoms. The summed E-state index contributed by atoms with van der Waals surface area (Å²) in [5.74, 6) is -5.66. The number of rotatable bonds is 24. The number of carboxylic acids is 2. The zero-order chi connectivity index (χ0) is 25.9. The standard InChI is InChI=1S/C26H50O7S.2Na/c1-3-5-7-9-11-13-15-17-19-21-23(24(27)28)26(25(29)30,34(31,32)33)22-20-18-16-14-12-10-8-6-4-2;;/h23H,3-22H2,1-2H3,(H,27,28)(H,29,30)(H,31,32,33);;/q;2*+1/p-2. The van der Waals surface area contributed by atoms with E-state index in [-0.39, 0.29) is 72.0 Å². The molecular formula is C26H48Na2O7S. The van der Waals surface area contributed by atoms with E-state index in [1.807, 2.05) is 0 Å². The molecule has 1 N–H and O–H groups in total. The van der Waals surface area contributed by atoms with E-state index in [2.05, 4.69) is 13.8 Å². The van der Waals surface area contributed by atoms with Gasteiger partial charge < -0.3 is 19.8 Å². The molecule has 0 rings (SSSR count). The van der Waals surface area contributed by atoms with Crippen LogP contribution in [0.5, 0.6) is 0 Å². The molecule has 0 aromatic heterocycles. The molecule has 0 fully saturated rings. The maximum absolute atomic E-state index is 12.2. The van der Waals surface area contributed by atoms with Crippen LogP contribution in [0.1, 0.15) is 142 Å². The largest absolute Gasteiger partial charge is 1.00 e. The van der Waals surface area contributed by atoms with E-state index in [0.29, 0.717) is 19.3 Å². The second kappa shape index (κ2) is 24.9. The van der Waals surface area contributed by atoms with Crippen molar-refractivity contribution in [3.63, 3.8) is 0 Å². The molecule has 202 valence electrons. The van der Waals surface area contributed by atoms with Gasteiger partial charge in [-0.2, -0.15) is 8.42 Å². The van der Waals surface area contributed by atoms with Gasteiger partial charge in [0.1, 0.15) is 4.75 Å². The predicted octanol–water partition coefficient (Wildman–Crippen LogP) is -1.42. The van der Waals surface area contributed by atoms with Gasteiger partial charge in [0.15, 0.2) is 0 Å². The van der Waals surface area contributed by atoms with Gasteiger partial charge in [-0.3, -0.25) is 4.55 Å². The Morgan fingerprint density at radius 1 is 0.667 bits per heavy atom. The fourth-order valence-corrected chi connectivity index (χ4v) is 5.92. The quantitative estimate of drug-likeness (QED) is 0.0885. The van der Waals surface area contributed by atoms with Crippen molar-refractivity contribution in [3.05, 3.63) is 0 Å². The van der Waals surface area contributed by atoms with E-state index >= 15 is 0 Å². The maximum atomic E-state index is 12.2. The Morgan fingerprint density at radius 2 is 1.00 bits per heavy atom. The van der Waals surface area contributed by atoms with Crippen LogP contribution in [0.25, 0.3) is 0 Å². The topological polar surface area (TPSA) is 135 Å². The molecule has 10 heteroatoms. The molecule has 0 amide bonds. The van der Waals surface area contributed by atoms with Crippen LogP contribution in [-0.4, -0.2) is 29.7 Å². The third kappa shape index (κ3) is 16.7. The van der Waals surface area contributed by atoms with Crippen molar-refractivity contribution in [2.45, 2.75) is 147 Å². The molecule has 0 aliphatic carbocycles. The van der Waals surface area contributed by atoms with Crippen molar-refractivity contribution >= 4 is 22.1 Å². The molecular weight excluding hydrogens is 502 g/mol. The van der Waals surface area contributed by atoms with Crippen molar-refractivity contribution < 1.29 is 91.9 Å². The van der Waals surface area contributed by atoms with Gasteiger partial charge in [0.05, 0.1) is 5.97 Å². The van der Waals surface area contributed by atoms with E-state index in [0.717, 1.165) is 51.4 Å². The summed E-state index contributed by atoms with van der Waals surface area (Å²) >= 11 is 0. The van der Waals surface area contributed by atoms with Crippen LogP contribution >= 0.6 is 0 Å². The number of carboxylic acid groups (broad SMARTS) is 2. The van der Waals surface area contributed by atoms with E-state index in [1.54, 1.807) is 0 Å². The van der Waals surface area contributed by atoms with Crippen molar-refractivity contribution in [2.24, 2.45) is 5.92 Å². The monoisotopic (exact) mass is 550 g/mol. The number of hydrogen-bond acceptors (Lipinski definition) is 6. The summed E-state index contributed by atoms with van der Waals surface area (Å²) in [6, 6.07) is 0. The molecule has 2 unspecified atom stereocenters. The Labute approximate surface area is 264 Å². The van der Waals surface area contributed by atoms with Crippen LogP contribution in [0.4, 0.5) is 0 Å². The Bertz CT molecular complexity index is 659. The van der Waals surface area contributed by atoms with Crippen LogP contribution in [0.3, 0.4) is 0 Å². The van der Waals surface area contributed by atoms with E-state index in [4.69, 9.17) is 0 Å². The summed E-state index contributed by atoms with van der Waals surface area (Å²) in [6.07, 6.45) is 16.3. The first-order valence-corrected chi connectivity index (χ1v) is 15.0. The fourth-order valence-electron chi connectivity index (χ4n) is 4.73. The molecule has 0 saturated carbocycles. The zero-order valence-electron chi connectivity index (χ0n) is 23.5. The SMILES string of the molecule is CCCCCCCCCCCC(C(=O)[O-])C(CCCCCCCCCCC)(C(=O)[O-])S(=O)(=O)O.[Na+].[Na+]. The third-order valence-corrected chi connectivity index (χ3v) is 8.48. The fraction of sp³-hybridized carbons (Fsp3) is 0.923. The zero-order valence-corrected chi connectivity index (χ0v) is 28.3. The molecule has 0 aliphatic heterocycles. The van der Waals surface area contributed by atoms with Gasteiger partial charge in [-0.25, -0.2) is 0 Å². The van der Waals surface area contributed by atoms with E-state index < -0.39 is 39.1 Å². The maximum Gasteiger partial charge on any atom is 1.00 e. The van der Waals surface area contributed by atoms with Crippen molar-refractivity contribution in [3.8, 4) is 0 Å². The summed E-state index contributed by atoms with van der Waals surface area (Å²) in [6.45, 7) is 4.30. The molecule has 0 radical (unpaired) electrons. The average molecular weight is 551 g/mol. The molecule has 0 aromatic rings. The van der Waals surface area contributed by atoms with Gasteiger partial charge in [0.25, 0.3) is 10.1 Å². The summed E-state index contributed by atoms with van der Waals surface area (Å²) in [5.41, 5.74) is 0. The Hall–Kier alpha value is 0.850. The number of aliphatic carboxylic acids is 2. The van der Waals surface area contributed by atoms with Crippen molar-refractivity contribution in [1.82, 2.24) is 0 Å². The van der Waals surface area contributed by atoms with Gasteiger partial charge in [-0.05, 0) is 12.8 Å². The smallest absolute Gasteiger partial charge is 0.550 e. The molecule has 36 heavy (non-hydrogen) atoms. The molecule has 0 heterocycles. The normalized spacial score (nSPS) is 13.8. The minimum atomic E-state index is -5.22. The summed E-state index contributed by atoms with van der Waals surface area (Å²) < 4.78 is 31.4. The number of carbonyl (C=O) groups is 2. The second-order valence-electron chi connectivity index (χ2n) is 9.72. The van der Waals surface area contributed by atoms with E-state index in [1.165, 1.54) is 38.5 Å². The first kappa shape index (κ1) is 41.3. The first-order chi connectivity index (χ1) is 16.1. The van der Waals surface area contributed by atoms with Gasteiger partial charge in [-0.1, -0.05) is 129 Å². The van der Waals surface area contributed by atoms with Crippen molar-refractivity contribution in [2.75, 3.05) is 0 Å². The minimum Gasteiger partial charge on any atom is -0.550 e. The van der Waals surface area contributed by atoms with Crippen LogP contribution in [0, 0.1) is 5.92 Å². The summed E-state index contributed by atoms with van der Waals surface area (Å²) in [7, 11) is -5.22. The number of hydrogen-bond donors (Lipinski definition) is 1. The Kier molecular flexibility index (Phi) is 28.5. The predicted molar refractivity (Wildman–Crippen MR) is 131 cm³/mol. The van der Waals surface area contributed by atoms with Gasteiger partial charge >= 0.3 is 59.1 Å². The van der Waals surface area contributed by atoms with Crippen molar-refractivity contribution in [1.29, 1.82) is 0 Å². The first-order valence-electron chi connectivity index (χ1n) is 13.5. The van der Waals surface area contributed by atoms with Crippen LogP contribution in [0.2, 0.25) is 0 Å². The number of carbonyl (C=O) groups excluding carboxylic acids is 2. The van der Waals surface area contributed by atoms with Gasteiger partial charge in [0, 0.05) is 11.9 Å². The molecule has 0 aromatic carbocycles. The van der Waals surface area contributed by atoms with Crippen LogP contribution in [0.15, 0.2) is 0 Å². The van der Waals surface area contributed by atoms with Gasteiger partial charge in [0.2, 0.25) is 0 Å². The molecule has 2 atom stereocenters. The average Bonchev–Trinajstić information content (AvgIpc) is 2.76. The third-order valence-electron chi connectivity index (χ3n) is 6.90. The Morgan fingerprint density at radius 3 is 1.31 bits per heavy atom. The summed E-state index contributed by atoms with van der Waals surface area (Å²) in [4.78, 5) is 23.8. The molecule has 7 nitrogen and oxygen atoms in total. The van der Waals surface area contributed by atoms with Crippen LogP contribution in [-0.2, 0) is 19.7 Å². The number of unbranched alkanes of at least 4 members (excludes halogenated alkanes) is 16. The Balaban J connectivity index is -0.00000544. The minimum absolute atomic E-state index is 0. The van der Waals surface area contributed by atoms with Gasteiger partial charge in [-0.15, -0.1) is 0 Å². The second-order valence-corrected chi connectivity index (χ2v) is 11.4. The molecule has 0 aliphatic rings.